The van der Waals surface area contributed by atoms with Crippen LogP contribution in [0.5, 0.6) is 0 Å². The monoisotopic (exact) mass is 221 g/mol. The second-order valence-corrected chi connectivity index (χ2v) is 4.13. The summed E-state index contributed by atoms with van der Waals surface area (Å²) in [5.74, 6) is 0. The van der Waals surface area contributed by atoms with E-state index in [0.29, 0.717) is 5.69 Å². The molecule has 90 valence electrons. The van der Waals surface area contributed by atoms with Crippen LogP contribution in [0.1, 0.15) is 31.7 Å². The van der Waals surface area contributed by atoms with Crippen LogP contribution >= 0.6 is 0 Å². The number of unbranched alkanes of at least 4 members (excludes halogenated alkanes) is 2. The molecular weight excluding hydrogens is 198 g/mol. The summed E-state index contributed by atoms with van der Waals surface area (Å²) in [6, 6.07) is 5.84. The Morgan fingerprint density at radius 3 is 2.69 bits per heavy atom. The Morgan fingerprint density at radius 1 is 1.12 bits per heavy atom. The van der Waals surface area contributed by atoms with Gasteiger partial charge < -0.3 is 16.8 Å². The average Bonchev–Trinajstić information content (AvgIpc) is 2.29. The maximum absolute atomic E-state index is 5.89. The number of benzene rings is 1. The Hall–Kier alpha value is -1.22. The van der Waals surface area contributed by atoms with E-state index in [9.17, 15) is 0 Å². The van der Waals surface area contributed by atoms with E-state index in [2.05, 4.69) is 12.2 Å². The molecule has 1 aromatic carbocycles. The Morgan fingerprint density at radius 2 is 1.94 bits per heavy atom. The third-order valence-electron chi connectivity index (χ3n) is 2.76. The van der Waals surface area contributed by atoms with Crippen LogP contribution in [0.15, 0.2) is 18.2 Å². The van der Waals surface area contributed by atoms with Gasteiger partial charge in [0.25, 0.3) is 0 Å². The van der Waals surface area contributed by atoms with Crippen LogP contribution in [0.2, 0.25) is 0 Å². The van der Waals surface area contributed by atoms with Gasteiger partial charge in [0.2, 0.25) is 0 Å². The Bertz CT molecular complexity index is 310. The predicted molar refractivity (Wildman–Crippen MR) is 71.4 cm³/mol. The number of para-hydroxylation sites is 1. The Balaban J connectivity index is 2.24. The van der Waals surface area contributed by atoms with Gasteiger partial charge in [-0.05, 0) is 37.6 Å². The highest BCUT2D eigenvalue weighted by molar-refractivity contribution is 5.67. The first-order valence-corrected chi connectivity index (χ1v) is 6.09. The van der Waals surface area contributed by atoms with E-state index in [1.54, 1.807) is 0 Å². The molecule has 0 aliphatic rings. The van der Waals surface area contributed by atoms with Gasteiger partial charge in [-0.3, -0.25) is 0 Å². The van der Waals surface area contributed by atoms with Crippen LogP contribution in [0.4, 0.5) is 11.4 Å². The zero-order valence-corrected chi connectivity index (χ0v) is 10.1. The number of nitrogen functional groups attached to an aromatic ring is 2. The van der Waals surface area contributed by atoms with Crippen molar-refractivity contribution in [2.45, 2.75) is 32.6 Å². The fourth-order valence-electron chi connectivity index (χ4n) is 1.70. The maximum Gasteiger partial charge on any atom is 0.0580 e. The minimum absolute atomic E-state index is 0.684. The summed E-state index contributed by atoms with van der Waals surface area (Å²) in [6.45, 7) is 4.28. The lowest BCUT2D eigenvalue weighted by molar-refractivity contribution is 0.617. The topological polar surface area (TPSA) is 64.1 Å². The van der Waals surface area contributed by atoms with Crippen molar-refractivity contribution in [3.05, 3.63) is 23.8 Å². The van der Waals surface area contributed by atoms with Crippen LogP contribution < -0.4 is 16.8 Å². The van der Waals surface area contributed by atoms with Gasteiger partial charge in [-0.2, -0.15) is 0 Å². The van der Waals surface area contributed by atoms with Crippen LogP contribution in [-0.4, -0.2) is 13.1 Å². The molecule has 0 spiro atoms. The first kappa shape index (κ1) is 12.8. The molecule has 5 N–H and O–H groups in total. The quantitative estimate of drug-likeness (QED) is 0.488. The van der Waals surface area contributed by atoms with Crippen molar-refractivity contribution in [1.82, 2.24) is 5.32 Å². The van der Waals surface area contributed by atoms with Crippen LogP contribution in [-0.2, 0) is 6.42 Å². The van der Waals surface area contributed by atoms with Gasteiger partial charge in [-0.15, -0.1) is 0 Å². The van der Waals surface area contributed by atoms with E-state index in [1.807, 2.05) is 18.2 Å². The SMILES string of the molecule is CCCCCNCCc1cccc(N)c1N. The molecule has 0 bridgehead atoms. The molecule has 0 heterocycles. The van der Waals surface area contributed by atoms with Gasteiger partial charge in [0.1, 0.15) is 0 Å². The largest absolute Gasteiger partial charge is 0.397 e. The second kappa shape index (κ2) is 7.12. The molecule has 1 rings (SSSR count). The van der Waals surface area contributed by atoms with E-state index < -0.39 is 0 Å². The molecule has 0 amide bonds. The molecule has 0 aromatic heterocycles. The third kappa shape index (κ3) is 4.11. The van der Waals surface area contributed by atoms with Crippen LogP contribution in [0.25, 0.3) is 0 Å². The lowest BCUT2D eigenvalue weighted by atomic mass is 10.1. The van der Waals surface area contributed by atoms with Gasteiger partial charge in [0.15, 0.2) is 0 Å². The molecule has 16 heavy (non-hydrogen) atoms. The first-order chi connectivity index (χ1) is 7.75. The van der Waals surface area contributed by atoms with Crippen LogP contribution in [0.3, 0.4) is 0 Å². The number of nitrogens with two attached hydrogens (primary N) is 2. The molecule has 3 heteroatoms. The molecule has 0 saturated heterocycles. The maximum atomic E-state index is 5.89. The molecule has 0 aliphatic carbocycles. The fourth-order valence-corrected chi connectivity index (χ4v) is 1.70. The van der Waals surface area contributed by atoms with Crippen molar-refractivity contribution in [1.29, 1.82) is 0 Å². The number of nitrogens with one attached hydrogen (secondary N) is 1. The summed E-state index contributed by atoms with van der Waals surface area (Å²) in [5.41, 5.74) is 14.2. The summed E-state index contributed by atoms with van der Waals surface area (Å²) in [6.07, 6.45) is 4.77. The Kier molecular flexibility index (Phi) is 5.72. The number of hydrogen-bond donors (Lipinski definition) is 3. The lowest BCUT2D eigenvalue weighted by Crippen LogP contribution is -2.19. The summed E-state index contributed by atoms with van der Waals surface area (Å²) in [5, 5.41) is 3.42. The molecule has 0 saturated carbocycles. The van der Waals surface area contributed by atoms with E-state index in [1.165, 1.54) is 19.3 Å². The van der Waals surface area contributed by atoms with Crippen LogP contribution in [0, 0.1) is 0 Å². The summed E-state index contributed by atoms with van der Waals surface area (Å²) in [7, 11) is 0. The normalized spacial score (nSPS) is 10.6. The number of hydrogen-bond acceptors (Lipinski definition) is 3. The zero-order valence-electron chi connectivity index (χ0n) is 10.1. The van der Waals surface area contributed by atoms with E-state index in [4.69, 9.17) is 11.5 Å². The zero-order chi connectivity index (χ0) is 11.8. The van der Waals surface area contributed by atoms with Gasteiger partial charge in [0.05, 0.1) is 11.4 Å². The first-order valence-electron chi connectivity index (χ1n) is 6.09. The fraction of sp³-hybridized carbons (Fsp3) is 0.538. The standard InChI is InChI=1S/C13H23N3/c1-2-3-4-9-16-10-8-11-6-5-7-12(14)13(11)15/h5-7,16H,2-4,8-10,14-15H2,1H3. The molecule has 0 fully saturated rings. The molecule has 0 unspecified atom stereocenters. The number of anilines is 2. The molecular formula is C13H23N3. The Labute approximate surface area is 98.2 Å². The van der Waals surface area contributed by atoms with Gasteiger partial charge in [0, 0.05) is 0 Å². The third-order valence-corrected chi connectivity index (χ3v) is 2.76. The second-order valence-electron chi connectivity index (χ2n) is 4.13. The lowest BCUT2D eigenvalue weighted by Gasteiger charge is -2.08. The minimum atomic E-state index is 0.684. The van der Waals surface area contributed by atoms with Crippen molar-refractivity contribution < 1.29 is 0 Å². The van der Waals surface area contributed by atoms with Gasteiger partial charge >= 0.3 is 0 Å². The summed E-state index contributed by atoms with van der Waals surface area (Å²) < 4.78 is 0. The van der Waals surface area contributed by atoms with E-state index >= 15 is 0 Å². The minimum Gasteiger partial charge on any atom is -0.397 e. The molecule has 0 aliphatic heterocycles. The highest BCUT2D eigenvalue weighted by Gasteiger charge is 2.01. The average molecular weight is 221 g/mol. The van der Waals surface area contributed by atoms with Gasteiger partial charge in [-0.1, -0.05) is 31.9 Å². The number of rotatable bonds is 7. The smallest absolute Gasteiger partial charge is 0.0580 e. The van der Waals surface area contributed by atoms with Crippen molar-refractivity contribution in [3.8, 4) is 0 Å². The highest BCUT2D eigenvalue weighted by atomic mass is 14.8. The summed E-state index contributed by atoms with van der Waals surface area (Å²) in [4.78, 5) is 0. The highest BCUT2D eigenvalue weighted by Crippen LogP contribution is 2.19. The predicted octanol–water partition coefficient (Wildman–Crippen LogP) is 2.17. The van der Waals surface area contributed by atoms with E-state index in [-0.39, 0.29) is 0 Å². The molecule has 1 aromatic rings. The van der Waals surface area contributed by atoms with Crippen molar-refractivity contribution in [2.24, 2.45) is 0 Å². The molecule has 0 radical (unpaired) electrons. The summed E-state index contributed by atoms with van der Waals surface area (Å²) >= 11 is 0. The molecule has 0 atom stereocenters. The van der Waals surface area contributed by atoms with Crippen molar-refractivity contribution in [2.75, 3.05) is 24.6 Å². The van der Waals surface area contributed by atoms with E-state index in [0.717, 1.165) is 30.8 Å². The van der Waals surface area contributed by atoms with Crippen molar-refractivity contribution >= 4 is 11.4 Å². The van der Waals surface area contributed by atoms with Crippen molar-refractivity contribution in [3.63, 3.8) is 0 Å². The van der Waals surface area contributed by atoms with Gasteiger partial charge in [-0.25, -0.2) is 0 Å². The molecule has 3 nitrogen and oxygen atoms in total.